The summed E-state index contributed by atoms with van der Waals surface area (Å²) < 4.78 is 5.02. The first-order valence-electron chi connectivity index (χ1n) is 4.32. The Morgan fingerprint density at radius 2 is 2.33 bits per heavy atom. The van der Waals surface area contributed by atoms with Gasteiger partial charge in [0, 0.05) is 19.6 Å². The molecule has 0 aliphatic rings. The Balaban J connectivity index is 2.93. The average molecular weight is 231 g/mol. The Hall–Kier alpha value is -1.20. The average Bonchev–Trinajstić information content (AvgIpc) is 2.16. The van der Waals surface area contributed by atoms with E-state index in [2.05, 4.69) is 9.97 Å². The van der Waals surface area contributed by atoms with E-state index in [4.69, 9.17) is 21.4 Å². The molecule has 5 nitrogen and oxygen atoms in total. The molecule has 1 N–H and O–H groups in total. The molecule has 0 aliphatic carbocycles. The van der Waals surface area contributed by atoms with Crippen molar-refractivity contribution in [3.05, 3.63) is 22.7 Å². The van der Waals surface area contributed by atoms with Gasteiger partial charge in [0.1, 0.15) is 11.0 Å². The monoisotopic (exact) mass is 230 g/mol. The number of hydrogen-bond acceptors (Lipinski definition) is 4. The van der Waals surface area contributed by atoms with Crippen LogP contribution in [0.25, 0.3) is 0 Å². The molecule has 1 aromatic heterocycles. The van der Waals surface area contributed by atoms with Gasteiger partial charge in [-0.25, -0.2) is 14.8 Å². The molecule has 0 aliphatic heterocycles. The van der Waals surface area contributed by atoms with Crippen LogP contribution in [-0.4, -0.2) is 34.3 Å². The fourth-order valence-electron chi connectivity index (χ4n) is 1.01. The zero-order chi connectivity index (χ0) is 11.4. The lowest BCUT2D eigenvalue weighted by Gasteiger charge is -2.08. The number of hydrogen-bond donors (Lipinski definition) is 1. The summed E-state index contributed by atoms with van der Waals surface area (Å²) in [6.45, 7) is 1.84. The molecule has 0 amide bonds. The van der Waals surface area contributed by atoms with Crippen LogP contribution in [0, 0.1) is 0 Å². The van der Waals surface area contributed by atoms with Crippen LogP contribution in [0.4, 0.5) is 0 Å². The molecule has 1 aromatic rings. The summed E-state index contributed by atoms with van der Waals surface area (Å²) in [5, 5.41) is 8.87. The fraction of sp³-hybridized carbons (Fsp3) is 0.444. The molecule has 0 spiro atoms. The molecule has 1 heterocycles. The largest absolute Gasteiger partial charge is 0.477 e. The van der Waals surface area contributed by atoms with Crippen molar-refractivity contribution >= 4 is 17.6 Å². The van der Waals surface area contributed by atoms with Crippen LogP contribution in [0.1, 0.15) is 23.2 Å². The van der Waals surface area contributed by atoms with E-state index in [1.54, 1.807) is 7.11 Å². The molecule has 0 aromatic carbocycles. The number of carbonyl (C=O) groups is 1. The molecule has 6 heteroatoms. The van der Waals surface area contributed by atoms with Crippen LogP contribution < -0.4 is 0 Å². The van der Waals surface area contributed by atoms with Gasteiger partial charge < -0.3 is 9.84 Å². The van der Waals surface area contributed by atoms with E-state index in [1.807, 2.05) is 6.92 Å². The van der Waals surface area contributed by atoms with Gasteiger partial charge in [0.05, 0.1) is 6.10 Å². The highest BCUT2D eigenvalue weighted by atomic mass is 35.5. The fourth-order valence-corrected chi connectivity index (χ4v) is 1.21. The van der Waals surface area contributed by atoms with E-state index in [0.29, 0.717) is 12.2 Å². The molecular weight excluding hydrogens is 220 g/mol. The molecule has 82 valence electrons. The van der Waals surface area contributed by atoms with Crippen molar-refractivity contribution in [3.63, 3.8) is 0 Å². The quantitative estimate of drug-likeness (QED) is 0.792. The minimum Gasteiger partial charge on any atom is -0.477 e. The molecular formula is C9H11ClN2O3. The number of nitrogens with zero attached hydrogens (tertiary/aromatic N) is 2. The van der Waals surface area contributed by atoms with Crippen molar-refractivity contribution in [2.75, 3.05) is 7.11 Å². The number of methoxy groups -OCH3 is 1. The summed E-state index contributed by atoms with van der Waals surface area (Å²) in [6, 6.07) is 1.21. The van der Waals surface area contributed by atoms with E-state index in [1.165, 1.54) is 6.07 Å². The van der Waals surface area contributed by atoms with Crippen molar-refractivity contribution < 1.29 is 14.6 Å². The van der Waals surface area contributed by atoms with Crippen LogP contribution in [0.15, 0.2) is 6.07 Å². The van der Waals surface area contributed by atoms with Crippen molar-refractivity contribution in [1.82, 2.24) is 9.97 Å². The van der Waals surface area contributed by atoms with E-state index in [0.717, 1.165) is 0 Å². The van der Waals surface area contributed by atoms with Crippen LogP contribution >= 0.6 is 11.6 Å². The predicted octanol–water partition coefficient (Wildman–Crippen LogP) is 1.41. The molecule has 15 heavy (non-hydrogen) atoms. The van der Waals surface area contributed by atoms with Crippen molar-refractivity contribution in [2.45, 2.75) is 19.4 Å². The lowest BCUT2D eigenvalue weighted by Crippen LogP contribution is -2.13. The standard InChI is InChI=1S/C9H11ClN2O3/c1-5(15-2)3-8-11-6(9(13)14)4-7(10)12-8/h4-5H,3H2,1-2H3,(H,13,14). The topological polar surface area (TPSA) is 72.3 Å². The zero-order valence-electron chi connectivity index (χ0n) is 8.40. The molecule has 0 saturated heterocycles. The van der Waals surface area contributed by atoms with Gasteiger partial charge in [-0.15, -0.1) is 0 Å². The summed E-state index contributed by atoms with van der Waals surface area (Å²) in [7, 11) is 1.56. The lowest BCUT2D eigenvalue weighted by atomic mass is 10.2. The van der Waals surface area contributed by atoms with Gasteiger partial charge in [0.25, 0.3) is 0 Å². The van der Waals surface area contributed by atoms with Crippen molar-refractivity contribution in [1.29, 1.82) is 0 Å². The maximum Gasteiger partial charge on any atom is 0.354 e. The van der Waals surface area contributed by atoms with E-state index < -0.39 is 5.97 Å². The summed E-state index contributed by atoms with van der Waals surface area (Å²) in [5.41, 5.74) is -0.103. The molecule has 0 radical (unpaired) electrons. The highest BCUT2D eigenvalue weighted by Gasteiger charge is 2.11. The van der Waals surface area contributed by atoms with Gasteiger partial charge >= 0.3 is 5.97 Å². The first-order chi connectivity index (χ1) is 7.02. The molecule has 0 fully saturated rings. The van der Waals surface area contributed by atoms with Crippen LogP contribution in [-0.2, 0) is 11.2 Å². The van der Waals surface area contributed by atoms with Gasteiger partial charge in [-0.3, -0.25) is 0 Å². The maximum absolute atomic E-state index is 10.7. The minimum absolute atomic E-state index is 0.0786. The van der Waals surface area contributed by atoms with Crippen LogP contribution in [0.5, 0.6) is 0 Å². The second kappa shape index (κ2) is 5.04. The first kappa shape index (κ1) is 11.9. The van der Waals surface area contributed by atoms with Gasteiger partial charge in [0.15, 0.2) is 5.69 Å². The number of aromatic nitrogens is 2. The van der Waals surface area contributed by atoms with Crippen LogP contribution in [0.3, 0.4) is 0 Å². The van der Waals surface area contributed by atoms with Crippen molar-refractivity contribution in [3.8, 4) is 0 Å². The van der Waals surface area contributed by atoms with E-state index >= 15 is 0 Å². The lowest BCUT2D eigenvalue weighted by molar-refractivity contribution is 0.0689. The zero-order valence-corrected chi connectivity index (χ0v) is 9.15. The number of halogens is 1. The number of rotatable bonds is 4. The summed E-state index contributed by atoms with van der Waals surface area (Å²) in [5.74, 6) is -0.750. The summed E-state index contributed by atoms with van der Waals surface area (Å²) in [6.07, 6.45) is 0.349. The number of carboxylic acids is 1. The summed E-state index contributed by atoms with van der Waals surface area (Å²) in [4.78, 5) is 18.4. The highest BCUT2D eigenvalue weighted by Crippen LogP contribution is 2.09. The highest BCUT2D eigenvalue weighted by molar-refractivity contribution is 6.29. The minimum atomic E-state index is -1.12. The van der Waals surface area contributed by atoms with E-state index in [-0.39, 0.29) is 17.0 Å². The van der Waals surface area contributed by atoms with E-state index in [9.17, 15) is 4.79 Å². The second-order valence-electron chi connectivity index (χ2n) is 3.05. The second-order valence-corrected chi connectivity index (χ2v) is 3.43. The SMILES string of the molecule is COC(C)Cc1nc(Cl)cc(C(=O)O)n1. The maximum atomic E-state index is 10.7. The van der Waals surface area contributed by atoms with Gasteiger partial charge in [-0.05, 0) is 6.92 Å². The number of ether oxygens (including phenoxy) is 1. The third-order valence-electron chi connectivity index (χ3n) is 1.83. The Morgan fingerprint density at radius 3 is 2.87 bits per heavy atom. The Bertz CT molecular complexity index is 370. The molecule has 0 saturated carbocycles. The van der Waals surface area contributed by atoms with Gasteiger partial charge in [-0.2, -0.15) is 0 Å². The molecule has 1 atom stereocenters. The normalized spacial score (nSPS) is 12.5. The molecule has 1 unspecified atom stereocenters. The number of aromatic carboxylic acids is 1. The van der Waals surface area contributed by atoms with Crippen LogP contribution in [0.2, 0.25) is 5.15 Å². The number of carboxylic acid groups (broad SMARTS) is 1. The Kier molecular flexibility index (Phi) is 3.99. The smallest absolute Gasteiger partial charge is 0.354 e. The Morgan fingerprint density at radius 1 is 1.67 bits per heavy atom. The third kappa shape index (κ3) is 3.45. The van der Waals surface area contributed by atoms with Gasteiger partial charge in [0.2, 0.25) is 0 Å². The summed E-state index contributed by atoms with van der Waals surface area (Å²) >= 11 is 5.67. The van der Waals surface area contributed by atoms with Crippen molar-refractivity contribution in [2.24, 2.45) is 0 Å². The first-order valence-corrected chi connectivity index (χ1v) is 4.70. The third-order valence-corrected chi connectivity index (χ3v) is 2.03. The van der Waals surface area contributed by atoms with Gasteiger partial charge in [-0.1, -0.05) is 11.6 Å². The Labute approximate surface area is 92.1 Å². The predicted molar refractivity (Wildman–Crippen MR) is 54.2 cm³/mol. The molecule has 0 bridgehead atoms. The molecule has 1 rings (SSSR count).